The molecule has 0 unspecified atom stereocenters. The van der Waals surface area contributed by atoms with Gasteiger partial charge in [-0.15, -0.1) is 0 Å². The second kappa shape index (κ2) is 6.22. The molecule has 0 amide bonds. The minimum absolute atomic E-state index is 0.694. The molecule has 2 rings (SSSR count). The Kier molecular flexibility index (Phi) is 4.37. The van der Waals surface area contributed by atoms with Gasteiger partial charge in [0.1, 0.15) is 0 Å². The Balaban J connectivity index is 1.84. The van der Waals surface area contributed by atoms with E-state index in [0.29, 0.717) is 6.54 Å². The van der Waals surface area contributed by atoms with Gasteiger partial charge < -0.3 is 5.43 Å². The van der Waals surface area contributed by atoms with Crippen LogP contribution in [0.5, 0.6) is 0 Å². The highest BCUT2D eigenvalue weighted by molar-refractivity contribution is 6.30. The first-order valence-electron chi connectivity index (χ1n) is 5.81. The number of nitrogens with one attached hydrogen (secondary N) is 1. The zero-order valence-corrected chi connectivity index (χ0v) is 11.0. The third kappa shape index (κ3) is 3.90. The zero-order chi connectivity index (χ0) is 12.8. The molecule has 2 aromatic rings. The molecular weight excluding hydrogens is 244 g/mol. The monoisotopic (exact) mass is 258 g/mol. The van der Waals surface area contributed by atoms with Crippen molar-refractivity contribution in [1.82, 2.24) is 5.43 Å². The fraction of sp³-hybridized carbons (Fsp3) is 0.133. The van der Waals surface area contributed by atoms with Crippen LogP contribution in [0.25, 0.3) is 0 Å². The number of nitrogens with zero attached hydrogens (tertiary/aromatic N) is 1. The van der Waals surface area contributed by atoms with E-state index in [4.69, 9.17) is 11.6 Å². The van der Waals surface area contributed by atoms with Crippen molar-refractivity contribution in [2.24, 2.45) is 5.10 Å². The van der Waals surface area contributed by atoms with Crippen LogP contribution in [0.1, 0.15) is 16.7 Å². The van der Waals surface area contributed by atoms with Gasteiger partial charge in [-0.3, -0.25) is 0 Å². The molecular formula is C15H15ClN2. The average molecular weight is 259 g/mol. The van der Waals surface area contributed by atoms with Gasteiger partial charge in [0.15, 0.2) is 0 Å². The van der Waals surface area contributed by atoms with Crippen LogP contribution >= 0.6 is 11.6 Å². The summed E-state index contributed by atoms with van der Waals surface area (Å²) in [6, 6.07) is 15.9. The van der Waals surface area contributed by atoms with E-state index in [1.165, 1.54) is 5.56 Å². The van der Waals surface area contributed by atoms with Gasteiger partial charge in [0.05, 0.1) is 12.8 Å². The van der Waals surface area contributed by atoms with Gasteiger partial charge >= 0.3 is 0 Å². The number of hydrazone groups is 1. The van der Waals surface area contributed by atoms with Gasteiger partial charge in [-0.1, -0.05) is 53.6 Å². The molecule has 2 aromatic carbocycles. The van der Waals surface area contributed by atoms with Crippen LogP contribution < -0.4 is 5.43 Å². The van der Waals surface area contributed by atoms with Gasteiger partial charge in [0.2, 0.25) is 0 Å². The second-order valence-corrected chi connectivity index (χ2v) is 4.57. The van der Waals surface area contributed by atoms with E-state index in [1.807, 2.05) is 42.6 Å². The van der Waals surface area contributed by atoms with Crippen molar-refractivity contribution in [1.29, 1.82) is 0 Å². The summed E-state index contributed by atoms with van der Waals surface area (Å²) in [7, 11) is 0. The predicted octanol–water partition coefficient (Wildman–Crippen LogP) is 3.77. The molecule has 0 atom stereocenters. The molecule has 0 saturated heterocycles. The Morgan fingerprint density at radius 1 is 1.06 bits per heavy atom. The van der Waals surface area contributed by atoms with Crippen molar-refractivity contribution in [2.75, 3.05) is 0 Å². The number of benzene rings is 2. The number of rotatable bonds is 4. The normalized spacial score (nSPS) is 10.8. The third-order valence-corrected chi connectivity index (χ3v) is 2.83. The highest BCUT2D eigenvalue weighted by Gasteiger charge is 1.91. The summed E-state index contributed by atoms with van der Waals surface area (Å²) in [5, 5.41) is 4.93. The van der Waals surface area contributed by atoms with Crippen LogP contribution in [0.2, 0.25) is 5.02 Å². The lowest BCUT2D eigenvalue weighted by atomic mass is 10.2. The molecule has 0 aliphatic heterocycles. The molecule has 1 N–H and O–H groups in total. The maximum Gasteiger partial charge on any atom is 0.0580 e. The van der Waals surface area contributed by atoms with E-state index in [-0.39, 0.29) is 0 Å². The standard InChI is InChI=1S/C15H15ClN2/c1-12-2-4-13(5-3-12)10-17-18-11-14-6-8-15(16)9-7-14/h2-10,18H,11H2,1H3/b17-10-. The Hall–Kier alpha value is -1.80. The Labute approximate surface area is 112 Å². The van der Waals surface area contributed by atoms with E-state index in [2.05, 4.69) is 29.6 Å². The Morgan fingerprint density at radius 2 is 1.72 bits per heavy atom. The van der Waals surface area contributed by atoms with Gasteiger partial charge in [0.25, 0.3) is 0 Å². The second-order valence-electron chi connectivity index (χ2n) is 4.13. The largest absolute Gasteiger partial charge is 0.306 e. The summed E-state index contributed by atoms with van der Waals surface area (Å²) in [6.07, 6.45) is 1.81. The highest BCUT2D eigenvalue weighted by Crippen LogP contribution is 2.09. The van der Waals surface area contributed by atoms with Crippen LogP contribution in [-0.2, 0) is 6.54 Å². The van der Waals surface area contributed by atoms with Crippen molar-refractivity contribution < 1.29 is 0 Å². The molecule has 3 heteroatoms. The maximum absolute atomic E-state index is 5.82. The summed E-state index contributed by atoms with van der Waals surface area (Å²) in [5.41, 5.74) is 6.50. The quantitative estimate of drug-likeness (QED) is 0.655. The van der Waals surface area contributed by atoms with Crippen LogP contribution in [0, 0.1) is 6.92 Å². The van der Waals surface area contributed by atoms with E-state index < -0.39 is 0 Å². The zero-order valence-electron chi connectivity index (χ0n) is 10.2. The SMILES string of the molecule is Cc1ccc(/C=N\NCc2ccc(Cl)cc2)cc1. The molecule has 0 aliphatic carbocycles. The smallest absolute Gasteiger partial charge is 0.0580 e. The lowest BCUT2D eigenvalue weighted by Gasteiger charge is -2.01. The topological polar surface area (TPSA) is 24.4 Å². The van der Waals surface area contributed by atoms with Crippen molar-refractivity contribution >= 4 is 17.8 Å². The predicted molar refractivity (Wildman–Crippen MR) is 77.1 cm³/mol. The number of halogens is 1. The van der Waals surface area contributed by atoms with Crippen LogP contribution in [0.3, 0.4) is 0 Å². The molecule has 2 nitrogen and oxygen atoms in total. The number of hydrogen-bond donors (Lipinski definition) is 1. The molecule has 0 saturated carbocycles. The molecule has 0 aliphatic rings. The summed E-state index contributed by atoms with van der Waals surface area (Å²) >= 11 is 5.82. The molecule has 92 valence electrons. The fourth-order valence-corrected chi connectivity index (χ4v) is 1.64. The minimum Gasteiger partial charge on any atom is -0.306 e. The average Bonchev–Trinajstić information content (AvgIpc) is 2.39. The van der Waals surface area contributed by atoms with E-state index in [1.54, 1.807) is 0 Å². The van der Waals surface area contributed by atoms with Gasteiger partial charge in [0, 0.05) is 5.02 Å². The molecule has 0 heterocycles. The van der Waals surface area contributed by atoms with Crippen molar-refractivity contribution in [3.63, 3.8) is 0 Å². The van der Waals surface area contributed by atoms with Crippen LogP contribution in [-0.4, -0.2) is 6.21 Å². The van der Waals surface area contributed by atoms with Gasteiger partial charge in [-0.2, -0.15) is 5.10 Å². The first kappa shape index (κ1) is 12.7. The van der Waals surface area contributed by atoms with Gasteiger partial charge in [-0.05, 0) is 30.2 Å². The molecule has 0 aromatic heterocycles. The summed E-state index contributed by atoms with van der Waals surface area (Å²) in [5.74, 6) is 0. The number of hydrogen-bond acceptors (Lipinski definition) is 2. The first-order chi connectivity index (χ1) is 8.74. The lowest BCUT2D eigenvalue weighted by molar-refractivity contribution is 0.748. The maximum atomic E-state index is 5.82. The molecule has 0 spiro atoms. The van der Waals surface area contributed by atoms with Crippen LogP contribution in [0.4, 0.5) is 0 Å². The van der Waals surface area contributed by atoms with E-state index in [0.717, 1.165) is 16.1 Å². The Morgan fingerprint density at radius 3 is 2.39 bits per heavy atom. The summed E-state index contributed by atoms with van der Waals surface area (Å²) in [4.78, 5) is 0. The van der Waals surface area contributed by atoms with E-state index >= 15 is 0 Å². The van der Waals surface area contributed by atoms with E-state index in [9.17, 15) is 0 Å². The highest BCUT2D eigenvalue weighted by atomic mass is 35.5. The minimum atomic E-state index is 0.694. The lowest BCUT2D eigenvalue weighted by Crippen LogP contribution is -2.05. The number of aryl methyl sites for hydroxylation is 1. The van der Waals surface area contributed by atoms with Crippen molar-refractivity contribution in [3.8, 4) is 0 Å². The first-order valence-corrected chi connectivity index (χ1v) is 6.19. The molecule has 0 fully saturated rings. The molecule has 18 heavy (non-hydrogen) atoms. The van der Waals surface area contributed by atoms with Crippen molar-refractivity contribution in [2.45, 2.75) is 13.5 Å². The van der Waals surface area contributed by atoms with Crippen molar-refractivity contribution in [3.05, 3.63) is 70.2 Å². The molecule has 0 bridgehead atoms. The third-order valence-electron chi connectivity index (χ3n) is 2.58. The summed E-state index contributed by atoms with van der Waals surface area (Å²) in [6.45, 7) is 2.76. The van der Waals surface area contributed by atoms with Gasteiger partial charge in [-0.25, -0.2) is 0 Å². The van der Waals surface area contributed by atoms with Crippen LogP contribution in [0.15, 0.2) is 53.6 Å². The Bertz CT molecular complexity index is 515. The summed E-state index contributed by atoms with van der Waals surface area (Å²) < 4.78 is 0. The fourth-order valence-electron chi connectivity index (χ4n) is 1.51. The molecule has 0 radical (unpaired) electrons.